The maximum absolute atomic E-state index is 13.5. The lowest BCUT2D eigenvalue weighted by atomic mass is 9.99. The van der Waals surface area contributed by atoms with Gasteiger partial charge in [-0.15, -0.1) is 0 Å². The first-order valence-electron chi connectivity index (χ1n) is 4.33. The van der Waals surface area contributed by atoms with Crippen molar-refractivity contribution in [2.24, 2.45) is 5.73 Å². The summed E-state index contributed by atoms with van der Waals surface area (Å²) in [7, 11) is 1.25. The standard InChI is InChI=1S/C10H11BrFNO2/c1-15-10(14)8(5-13)7-3-2-6(11)4-9(7)12/h2-4,8H,5,13H2,1H3. The summed E-state index contributed by atoms with van der Waals surface area (Å²) in [6.45, 7) is 0.0191. The number of halogens is 2. The van der Waals surface area contributed by atoms with Gasteiger partial charge >= 0.3 is 5.97 Å². The van der Waals surface area contributed by atoms with Crippen LogP contribution in [-0.2, 0) is 9.53 Å². The van der Waals surface area contributed by atoms with Crippen LogP contribution < -0.4 is 5.73 Å². The number of esters is 1. The molecule has 0 heterocycles. The molecule has 5 heteroatoms. The highest BCUT2D eigenvalue weighted by atomic mass is 79.9. The SMILES string of the molecule is COC(=O)C(CN)c1ccc(Br)cc1F. The average molecular weight is 276 g/mol. The summed E-state index contributed by atoms with van der Waals surface area (Å²) in [4.78, 5) is 11.3. The average Bonchev–Trinajstić information content (AvgIpc) is 2.21. The minimum Gasteiger partial charge on any atom is -0.469 e. The highest BCUT2D eigenvalue weighted by Crippen LogP contribution is 2.22. The van der Waals surface area contributed by atoms with Gasteiger partial charge in [-0.2, -0.15) is 0 Å². The van der Waals surface area contributed by atoms with Gasteiger partial charge in [-0.25, -0.2) is 4.39 Å². The molecule has 0 aliphatic carbocycles. The van der Waals surface area contributed by atoms with E-state index in [1.165, 1.54) is 19.2 Å². The van der Waals surface area contributed by atoms with Crippen LogP contribution in [0.15, 0.2) is 22.7 Å². The Morgan fingerprint density at radius 3 is 2.80 bits per heavy atom. The molecule has 0 aliphatic rings. The lowest BCUT2D eigenvalue weighted by Gasteiger charge is -2.13. The fourth-order valence-electron chi connectivity index (χ4n) is 1.28. The third kappa shape index (κ3) is 2.76. The van der Waals surface area contributed by atoms with Gasteiger partial charge in [0.2, 0.25) is 0 Å². The Balaban J connectivity index is 3.07. The predicted octanol–water partition coefficient (Wildman–Crippen LogP) is 1.80. The van der Waals surface area contributed by atoms with E-state index in [0.717, 1.165) is 0 Å². The molecule has 0 bridgehead atoms. The fraction of sp³-hybridized carbons (Fsp3) is 0.300. The van der Waals surface area contributed by atoms with Crippen molar-refractivity contribution in [3.63, 3.8) is 0 Å². The molecule has 1 aromatic rings. The molecule has 0 aromatic heterocycles. The van der Waals surface area contributed by atoms with Crippen molar-refractivity contribution in [1.29, 1.82) is 0 Å². The zero-order chi connectivity index (χ0) is 11.4. The monoisotopic (exact) mass is 275 g/mol. The van der Waals surface area contributed by atoms with Crippen LogP contribution in [0.5, 0.6) is 0 Å². The van der Waals surface area contributed by atoms with E-state index in [0.29, 0.717) is 4.47 Å². The first kappa shape index (κ1) is 12.1. The number of methoxy groups -OCH3 is 1. The van der Waals surface area contributed by atoms with E-state index in [4.69, 9.17) is 5.73 Å². The summed E-state index contributed by atoms with van der Waals surface area (Å²) in [5.41, 5.74) is 5.67. The third-order valence-electron chi connectivity index (χ3n) is 2.06. The van der Waals surface area contributed by atoms with E-state index < -0.39 is 17.7 Å². The van der Waals surface area contributed by atoms with Crippen LogP contribution in [0, 0.1) is 5.82 Å². The highest BCUT2D eigenvalue weighted by Gasteiger charge is 2.22. The number of hydrogen-bond acceptors (Lipinski definition) is 3. The molecule has 2 N–H and O–H groups in total. The molecule has 0 radical (unpaired) electrons. The van der Waals surface area contributed by atoms with Gasteiger partial charge in [0.25, 0.3) is 0 Å². The molecular weight excluding hydrogens is 265 g/mol. The largest absolute Gasteiger partial charge is 0.469 e. The molecule has 1 atom stereocenters. The van der Waals surface area contributed by atoms with E-state index in [1.807, 2.05) is 0 Å². The van der Waals surface area contributed by atoms with Crippen molar-refractivity contribution in [2.45, 2.75) is 5.92 Å². The molecule has 0 spiro atoms. The summed E-state index contributed by atoms with van der Waals surface area (Å²) in [6, 6.07) is 4.47. The van der Waals surface area contributed by atoms with E-state index in [1.54, 1.807) is 6.07 Å². The van der Waals surface area contributed by atoms with Crippen LogP contribution in [0.4, 0.5) is 4.39 Å². The van der Waals surface area contributed by atoms with Crippen LogP contribution in [0.3, 0.4) is 0 Å². The van der Waals surface area contributed by atoms with Crippen molar-refractivity contribution in [3.05, 3.63) is 34.1 Å². The predicted molar refractivity (Wildman–Crippen MR) is 57.9 cm³/mol. The van der Waals surface area contributed by atoms with Crippen LogP contribution in [0.2, 0.25) is 0 Å². The lowest BCUT2D eigenvalue weighted by molar-refractivity contribution is -0.142. The molecule has 0 amide bonds. The molecule has 0 fully saturated rings. The van der Waals surface area contributed by atoms with Gasteiger partial charge in [-0.3, -0.25) is 4.79 Å². The third-order valence-corrected chi connectivity index (χ3v) is 2.55. The van der Waals surface area contributed by atoms with Gasteiger partial charge in [0.05, 0.1) is 13.0 Å². The van der Waals surface area contributed by atoms with E-state index in [9.17, 15) is 9.18 Å². The molecule has 0 saturated heterocycles. The Morgan fingerprint density at radius 1 is 1.67 bits per heavy atom. The molecular formula is C10H11BrFNO2. The molecule has 0 aliphatic heterocycles. The zero-order valence-corrected chi connectivity index (χ0v) is 9.75. The van der Waals surface area contributed by atoms with Crippen LogP contribution >= 0.6 is 15.9 Å². The normalized spacial score (nSPS) is 12.3. The molecule has 15 heavy (non-hydrogen) atoms. The minimum absolute atomic E-state index is 0.0191. The maximum Gasteiger partial charge on any atom is 0.314 e. The molecule has 82 valence electrons. The molecule has 1 rings (SSSR count). The van der Waals surface area contributed by atoms with Crippen molar-refractivity contribution in [3.8, 4) is 0 Å². The molecule has 3 nitrogen and oxygen atoms in total. The number of nitrogens with two attached hydrogens (primary N) is 1. The van der Waals surface area contributed by atoms with Crippen molar-refractivity contribution in [2.75, 3.05) is 13.7 Å². The quantitative estimate of drug-likeness (QED) is 0.856. The minimum atomic E-state index is -0.747. The molecule has 0 saturated carbocycles. The van der Waals surface area contributed by atoms with Gasteiger partial charge in [0.15, 0.2) is 0 Å². The number of rotatable bonds is 3. The molecule has 1 aromatic carbocycles. The van der Waals surface area contributed by atoms with Gasteiger partial charge in [0, 0.05) is 16.6 Å². The smallest absolute Gasteiger partial charge is 0.314 e. The van der Waals surface area contributed by atoms with Gasteiger partial charge in [0.1, 0.15) is 5.82 Å². The van der Waals surface area contributed by atoms with Crippen LogP contribution in [0.25, 0.3) is 0 Å². The fourth-order valence-corrected chi connectivity index (χ4v) is 1.61. The summed E-state index contributed by atoms with van der Waals surface area (Å²) < 4.78 is 18.7. The molecule has 1 unspecified atom stereocenters. The zero-order valence-electron chi connectivity index (χ0n) is 8.17. The van der Waals surface area contributed by atoms with E-state index in [2.05, 4.69) is 20.7 Å². The second-order valence-electron chi connectivity index (χ2n) is 2.98. The van der Waals surface area contributed by atoms with Crippen LogP contribution in [0.1, 0.15) is 11.5 Å². The summed E-state index contributed by atoms with van der Waals surface area (Å²) in [5.74, 6) is -1.74. The van der Waals surface area contributed by atoms with E-state index >= 15 is 0 Å². The first-order valence-corrected chi connectivity index (χ1v) is 5.12. The Bertz CT molecular complexity index is 370. The Hall–Kier alpha value is -0.940. The number of carbonyl (C=O) groups is 1. The van der Waals surface area contributed by atoms with Crippen LogP contribution in [-0.4, -0.2) is 19.6 Å². The summed E-state index contributed by atoms with van der Waals surface area (Å²) >= 11 is 3.13. The van der Waals surface area contributed by atoms with Crippen molar-refractivity contribution < 1.29 is 13.9 Å². The van der Waals surface area contributed by atoms with Crippen molar-refractivity contribution >= 4 is 21.9 Å². The Labute approximate surface area is 95.5 Å². The van der Waals surface area contributed by atoms with E-state index in [-0.39, 0.29) is 12.1 Å². The Morgan fingerprint density at radius 2 is 2.33 bits per heavy atom. The number of carbonyl (C=O) groups excluding carboxylic acids is 1. The lowest BCUT2D eigenvalue weighted by Crippen LogP contribution is -2.23. The topological polar surface area (TPSA) is 52.3 Å². The highest BCUT2D eigenvalue weighted by molar-refractivity contribution is 9.10. The second-order valence-corrected chi connectivity index (χ2v) is 3.89. The Kier molecular flexibility index (Phi) is 4.23. The number of hydrogen-bond donors (Lipinski definition) is 1. The summed E-state index contributed by atoms with van der Waals surface area (Å²) in [5, 5.41) is 0. The van der Waals surface area contributed by atoms with Gasteiger partial charge < -0.3 is 10.5 Å². The summed E-state index contributed by atoms with van der Waals surface area (Å²) in [6.07, 6.45) is 0. The first-order chi connectivity index (χ1) is 7.10. The maximum atomic E-state index is 13.5. The number of benzene rings is 1. The number of ether oxygens (including phenoxy) is 1. The van der Waals surface area contributed by atoms with Gasteiger partial charge in [-0.05, 0) is 12.1 Å². The van der Waals surface area contributed by atoms with Crippen molar-refractivity contribution in [1.82, 2.24) is 0 Å². The second kappa shape index (κ2) is 5.23. The van der Waals surface area contributed by atoms with Gasteiger partial charge in [-0.1, -0.05) is 22.0 Å².